The summed E-state index contributed by atoms with van der Waals surface area (Å²) in [7, 11) is -3.72. The number of benzene rings is 2. The predicted molar refractivity (Wildman–Crippen MR) is 128 cm³/mol. The number of amides is 2. The van der Waals surface area contributed by atoms with Crippen LogP contribution in [-0.2, 0) is 19.6 Å². The fourth-order valence-electron chi connectivity index (χ4n) is 3.21. The molecule has 2 aromatic carbocycles. The van der Waals surface area contributed by atoms with E-state index in [2.05, 4.69) is 27.9 Å². The molecule has 8 nitrogen and oxygen atoms in total. The van der Waals surface area contributed by atoms with Crippen molar-refractivity contribution in [1.82, 2.24) is 4.90 Å². The second kappa shape index (κ2) is 9.96. The number of morpholine rings is 1. The first-order valence-corrected chi connectivity index (χ1v) is 12.6. The zero-order valence-corrected chi connectivity index (χ0v) is 20.3. The molecule has 1 N–H and O–H groups in total. The smallest absolute Gasteiger partial charge is 0.254 e. The van der Waals surface area contributed by atoms with Crippen molar-refractivity contribution in [3.8, 4) is 0 Å². The van der Waals surface area contributed by atoms with Gasteiger partial charge < -0.3 is 15.0 Å². The molecule has 3 rings (SSSR count). The van der Waals surface area contributed by atoms with Crippen LogP contribution in [0, 0.1) is 10.5 Å². The van der Waals surface area contributed by atoms with Crippen LogP contribution in [0.3, 0.4) is 0 Å². The van der Waals surface area contributed by atoms with Crippen molar-refractivity contribution in [2.75, 3.05) is 48.7 Å². The molecule has 1 fully saturated rings. The molecular weight excluding hydrogens is 533 g/mol. The highest BCUT2D eigenvalue weighted by molar-refractivity contribution is 14.1. The van der Waals surface area contributed by atoms with Crippen LogP contribution in [-0.4, -0.2) is 64.2 Å². The lowest BCUT2D eigenvalue weighted by Crippen LogP contribution is -2.40. The Balaban J connectivity index is 1.74. The van der Waals surface area contributed by atoms with E-state index in [0.717, 1.165) is 19.7 Å². The van der Waals surface area contributed by atoms with Crippen LogP contribution in [0.5, 0.6) is 0 Å². The van der Waals surface area contributed by atoms with Gasteiger partial charge in [0, 0.05) is 27.9 Å². The molecule has 166 valence electrons. The summed E-state index contributed by atoms with van der Waals surface area (Å²) in [5.41, 5.74) is 2.29. The lowest BCUT2D eigenvalue weighted by Gasteiger charge is -2.27. The molecule has 0 spiro atoms. The van der Waals surface area contributed by atoms with E-state index in [4.69, 9.17) is 4.74 Å². The van der Waals surface area contributed by atoms with Crippen molar-refractivity contribution in [3.63, 3.8) is 0 Å². The van der Waals surface area contributed by atoms with Gasteiger partial charge in [0.2, 0.25) is 15.9 Å². The Hall–Kier alpha value is -2.18. The molecule has 31 heavy (non-hydrogen) atoms. The summed E-state index contributed by atoms with van der Waals surface area (Å²) in [6, 6.07) is 11.8. The van der Waals surface area contributed by atoms with Gasteiger partial charge in [-0.25, -0.2) is 8.42 Å². The number of rotatable bonds is 6. The number of hydrogen-bond donors (Lipinski definition) is 1. The van der Waals surface area contributed by atoms with Gasteiger partial charge in [-0.3, -0.25) is 13.9 Å². The minimum absolute atomic E-state index is 0.132. The lowest BCUT2D eigenvalue weighted by atomic mass is 10.1. The van der Waals surface area contributed by atoms with E-state index in [1.807, 2.05) is 19.1 Å². The average molecular weight is 557 g/mol. The number of aryl methyl sites for hydroxylation is 1. The van der Waals surface area contributed by atoms with Gasteiger partial charge in [0.15, 0.2) is 0 Å². The topological polar surface area (TPSA) is 96.0 Å². The Labute approximate surface area is 195 Å². The van der Waals surface area contributed by atoms with Crippen LogP contribution >= 0.6 is 22.6 Å². The summed E-state index contributed by atoms with van der Waals surface area (Å²) in [6.07, 6.45) is 1.04. The number of nitrogens with zero attached hydrogens (tertiary/aromatic N) is 2. The number of hydrogen-bond acceptors (Lipinski definition) is 5. The minimum Gasteiger partial charge on any atom is -0.378 e. The minimum atomic E-state index is -3.72. The van der Waals surface area contributed by atoms with Gasteiger partial charge in [0.1, 0.15) is 6.54 Å². The fourth-order valence-corrected chi connectivity index (χ4v) is 4.71. The van der Waals surface area contributed by atoms with Crippen LogP contribution in [0.15, 0.2) is 42.5 Å². The first-order chi connectivity index (χ1) is 14.6. The average Bonchev–Trinajstić information content (AvgIpc) is 2.73. The van der Waals surface area contributed by atoms with E-state index in [9.17, 15) is 18.0 Å². The summed E-state index contributed by atoms with van der Waals surface area (Å²) < 4.78 is 32.0. The molecule has 0 unspecified atom stereocenters. The standard InChI is InChI=1S/C21H24IN3O5S/c1-15-13-17(22)5-8-19(15)23-20(26)14-25(31(2,28)29)18-6-3-16(4-7-18)21(27)24-9-11-30-12-10-24/h3-8,13H,9-12,14H2,1-2H3,(H,23,26). The highest BCUT2D eigenvalue weighted by Gasteiger charge is 2.23. The van der Waals surface area contributed by atoms with Crippen molar-refractivity contribution in [1.29, 1.82) is 0 Å². The third kappa shape index (κ3) is 6.17. The van der Waals surface area contributed by atoms with Crippen LogP contribution < -0.4 is 9.62 Å². The van der Waals surface area contributed by atoms with Crippen LogP contribution in [0.2, 0.25) is 0 Å². The Morgan fingerprint density at radius 3 is 2.35 bits per heavy atom. The molecule has 1 aliphatic heterocycles. The second-order valence-corrected chi connectivity index (χ2v) is 10.4. The van der Waals surface area contributed by atoms with Crippen LogP contribution in [0.25, 0.3) is 0 Å². The van der Waals surface area contributed by atoms with Crippen LogP contribution in [0.1, 0.15) is 15.9 Å². The summed E-state index contributed by atoms with van der Waals surface area (Å²) in [5.74, 6) is -0.587. The maximum absolute atomic E-state index is 12.6. The molecule has 2 amide bonds. The molecule has 0 radical (unpaired) electrons. The summed E-state index contributed by atoms with van der Waals surface area (Å²) in [6.45, 7) is 3.54. The van der Waals surface area contributed by atoms with Crippen molar-refractivity contribution >= 4 is 55.8 Å². The Kier molecular flexibility index (Phi) is 7.55. The van der Waals surface area contributed by atoms with E-state index in [0.29, 0.717) is 43.2 Å². The van der Waals surface area contributed by atoms with E-state index < -0.39 is 15.9 Å². The van der Waals surface area contributed by atoms with Gasteiger partial charge in [-0.15, -0.1) is 0 Å². The first kappa shape index (κ1) is 23.5. The first-order valence-electron chi connectivity index (χ1n) is 9.66. The number of anilines is 2. The Morgan fingerprint density at radius 1 is 1.13 bits per heavy atom. The molecule has 1 saturated heterocycles. The quantitative estimate of drug-likeness (QED) is 0.551. The fraction of sp³-hybridized carbons (Fsp3) is 0.333. The van der Waals surface area contributed by atoms with E-state index >= 15 is 0 Å². The molecular formula is C21H24IN3O5S. The zero-order valence-electron chi connectivity index (χ0n) is 17.3. The summed E-state index contributed by atoms with van der Waals surface area (Å²) in [4.78, 5) is 26.9. The van der Waals surface area contributed by atoms with Crippen molar-refractivity contribution in [2.24, 2.45) is 0 Å². The number of ether oxygens (including phenoxy) is 1. The third-order valence-corrected chi connectivity index (χ3v) is 6.66. The summed E-state index contributed by atoms with van der Waals surface area (Å²) >= 11 is 2.18. The molecule has 0 bridgehead atoms. The number of carbonyl (C=O) groups excluding carboxylic acids is 2. The monoisotopic (exact) mass is 557 g/mol. The summed E-state index contributed by atoms with van der Waals surface area (Å²) in [5, 5.41) is 2.76. The Bertz CT molecular complexity index is 1070. The molecule has 2 aromatic rings. The van der Waals surface area contributed by atoms with Gasteiger partial charge in [-0.05, 0) is 77.5 Å². The molecule has 1 heterocycles. The molecule has 0 aromatic heterocycles. The largest absolute Gasteiger partial charge is 0.378 e. The van der Waals surface area contributed by atoms with E-state index in [1.165, 1.54) is 12.1 Å². The SMILES string of the molecule is Cc1cc(I)ccc1NC(=O)CN(c1ccc(C(=O)N2CCOCC2)cc1)S(C)(=O)=O. The number of nitrogens with one attached hydrogen (secondary N) is 1. The highest BCUT2D eigenvalue weighted by Crippen LogP contribution is 2.21. The Morgan fingerprint density at radius 2 is 1.77 bits per heavy atom. The molecule has 10 heteroatoms. The van der Waals surface area contributed by atoms with Gasteiger partial charge in [0.25, 0.3) is 5.91 Å². The predicted octanol–water partition coefficient (Wildman–Crippen LogP) is 2.48. The highest BCUT2D eigenvalue weighted by atomic mass is 127. The van der Waals surface area contributed by atoms with Crippen molar-refractivity contribution in [3.05, 3.63) is 57.2 Å². The third-order valence-electron chi connectivity index (χ3n) is 4.85. The number of sulfonamides is 1. The molecule has 0 saturated carbocycles. The number of halogens is 1. The molecule has 0 atom stereocenters. The van der Waals surface area contributed by atoms with Gasteiger partial charge in [-0.1, -0.05) is 0 Å². The lowest BCUT2D eigenvalue weighted by molar-refractivity contribution is -0.114. The van der Waals surface area contributed by atoms with Gasteiger partial charge in [0.05, 0.1) is 25.2 Å². The second-order valence-electron chi connectivity index (χ2n) is 7.23. The van der Waals surface area contributed by atoms with Gasteiger partial charge in [-0.2, -0.15) is 0 Å². The molecule has 0 aliphatic carbocycles. The van der Waals surface area contributed by atoms with Crippen LogP contribution in [0.4, 0.5) is 11.4 Å². The maximum Gasteiger partial charge on any atom is 0.254 e. The van der Waals surface area contributed by atoms with E-state index in [-0.39, 0.29) is 12.5 Å². The van der Waals surface area contributed by atoms with Crippen molar-refractivity contribution < 1.29 is 22.7 Å². The number of carbonyl (C=O) groups is 2. The van der Waals surface area contributed by atoms with Gasteiger partial charge >= 0.3 is 0 Å². The molecule has 1 aliphatic rings. The van der Waals surface area contributed by atoms with E-state index in [1.54, 1.807) is 23.1 Å². The zero-order chi connectivity index (χ0) is 22.6. The van der Waals surface area contributed by atoms with Crippen molar-refractivity contribution in [2.45, 2.75) is 6.92 Å². The normalized spacial score (nSPS) is 14.2. The maximum atomic E-state index is 12.6.